The second-order valence-corrected chi connectivity index (χ2v) is 9.34. The maximum absolute atomic E-state index is 10.4. The minimum atomic E-state index is -0.643. The zero-order valence-corrected chi connectivity index (χ0v) is 22.2. The van der Waals surface area contributed by atoms with Gasteiger partial charge < -0.3 is 20.8 Å². The average Bonchev–Trinajstić information content (AvgIpc) is 2.59. The third-order valence-corrected chi connectivity index (χ3v) is 3.14. The van der Waals surface area contributed by atoms with E-state index < -0.39 is 28.7 Å². The quantitative estimate of drug-likeness (QED) is 0.240. The molecule has 8 nitrogen and oxygen atoms in total. The molecule has 9 heteroatoms. The Morgan fingerprint density at radius 2 is 1.13 bits per heavy atom. The monoisotopic (exact) mass is 496 g/mol. The normalized spacial score (nSPS) is 11.0. The van der Waals surface area contributed by atoms with Crippen molar-refractivity contribution in [2.75, 3.05) is 0 Å². The Balaban J connectivity index is -0.0000000995. The van der Waals surface area contributed by atoms with Gasteiger partial charge in [-0.1, -0.05) is 26.7 Å². The van der Waals surface area contributed by atoms with Crippen LogP contribution in [-0.2, 0) is 40.9 Å². The summed E-state index contributed by atoms with van der Waals surface area (Å²) in [6, 6.07) is 0. The molecule has 3 N–H and O–H groups in total. The van der Waals surface area contributed by atoms with E-state index >= 15 is 0 Å². The number of aliphatic carboxylic acids is 1. The molecule has 0 rings (SSSR count). The number of carboxylic acids is 1. The molecular weight excluding hydrogens is 451 g/mol. The van der Waals surface area contributed by atoms with Gasteiger partial charge in [-0.05, 0) is 54.4 Å². The van der Waals surface area contributed by atoms with Gasteiger partial charge in [0.1, 0.15) is 0 Å². The molecule has 0 aromatic heterocycles. The standard InChI is InChI=1S/C8H16O2.2C5H10O3.C4H9.Co/c1-3-5-6-7(4-2)8(9)10;2*1-5(2,3)4(6)8-7;1-4(2)3;/h7H,3-6H2,1-2H3,(H,9,10);2*7H,1-3H3;1-3H3;/q;;;-1;. The molecule has 0 spiro atoms. The molecule has 0 heterocycles. The largest absolute Gasteiger partial charge is 0.481 e. The van der Waals surface area contributed by atoms with Gasteiger partial charge in [0.05, 0.1) is 16.7 Å². The molecule has 0 aromatic carbocycles. The molecule has 0 aliphatic carbocycles. The minimum Gasteiger partial charge on any atom is -0.481 e. The topological polar surface area (TPSA) is 130 Å². The van der Waals surface area contributed by atoms with Crippen molar-refractivity contribution in [1.82, 2.24) is 0 Å². The van der Waals surface area contributed by atoms with Gasteiger partial charge in [-0.2, -0.15) is 31.3 Å². The van der Waals surface area contributed by atoms with Gasteiger partial charge in [-0.25, -0.2) is 9.59 Å². The van der Waals surface area contributed by atoms with E-state index in [-0.39, 0.29) is 22.7 Å². The van der Waals surface area contributed by atoms with Gasteiger partial charge in [-0.3, -0.25) is 4.79 Å². The van der Waals surface area contributed by atoms with E-state index in [4.69, 9.17) is 15.6 Å². The van der Waals surface area contributed by atoms with E-state index in [1.807, 2.05) is 6.92 Å². The molecule has 1 atom stereocenters. The number of carbonyl (C=O) groups is 3. The van der Waals surface area contributed by atoms with Crippen LogP contribution in [0.25, 0.3) is 0 Å². The van der Waals surface area contributed by atoms with Gasteiger partial charge in [0, 0.05) is 16.8 Å². The van der Waals surface area contributed by atoms with Crippen molar-refractivity contribution >= 4 is 17.9 Å². The van der Waals surface area contributed by atoms with Crippen molar-refractivity contribution in [1.29, 1.82) is 0 Å². The smallest absolute Gasteiger partial charge is 0.347 e. The minimum absolute atomic E-state index is 0. The average molecular weight is 497 g/mol. The van der Waals surface area contributed by atoms with Crippen LogP contribution in [0.15, 0.2) is 0 Å². The van der Waals surface area contributed by atoms with E-state index in [0.717, 1.165) is 25.7 Å². The number of hydrogen-bond donors (Lipinski definition) is 3. The zero-order chi connectivity index (χ0) is 25.1. The molecule has 1 unspecified atom stereocenters. The number of hydrogen-bond acceptors (Lipinski definition) is 7. The molecule has 1 radical (unpaired) electrons. The Morgan fingerprint density at radius 1 is 0.839 bits per heavy atom. The predicted molar refractivity (Wildman–Crippen MR) is 118 cm³/mol. The van der Waals surface area contributed by atoms with Crippen LogP contribution >= 0.6 is 0 Å². The summed E-state index contributed by atoms with van der Waals surface area (Å²) in [5.74, 6) is -0.564. The number of carboxylic acid groups (broad SMARTS) is 1. The summed E-state index contributed by atoms with van der Waals surface area (Å²) in [6.07, 6.45) is 3.71. The van der Waals surface area contributed by atoms with Crippen molar-refractivity contribution in [3.8, 4) is 0 Å². The van der Waals surface area contributed by atoms with Crippen molar-refractivity contribution in [3.63, 3.8) is 0 Å². The maximum atomic E-state index is 10.4. The number of carbonyl (C=O) groups excluding carboxylic acids is 2. The SMILES string of the molecule is CC(C)(C)C(=O)OO.CC(C)(C)C(=O)OO.CCCCC(CC)C(=O)O.C[C-](C)C.[Co]. The van der Waals surface area contributed by atoms with Crippen LogP contribution in [-0.4, -0.2) is 33.5 Å². The van der Waals surface area contributed by atoms with Crippen LogP contribution < -0.4 is 0 Å². The molecule has 0 amide bonds. The summed E-state index contributed by atoms with van der Waals surface area (Å²) in [6.45, 7) is 20.2. The van der Waals surface area contributed by atoms with Crippen molar-refractivity contribution in [2.45, 2.75) is 102 Å². The van der Waals surface area contributed by atoms with Gasteiger partial charge in [0.15, 0.2) is 0 Å². The number of rotatable bonds is 5. The molecule has 31 heavy (non-hydrogen) atoms. The van der Waals surface area contributed by atoms with Gasteiger partial charge in [-0.15, -0.1) is 0 Å². The van der Waals surface area contributed by atoms with E-state index in [1.54, 1.807) is 41.5 Å². The van der Waals surface area contributed by atoms with Gasteiger partial charge in [0.2, 0.25) is 0 Å². The Kier molecular flexibility index (Phi) is 28.6. The number of unbranched alkanes of at least 4 members (excludes halogenated alkanes) is 1. The molecule has 0 aliphatic rings. The first-order chi connectivity index (χ1) is 13.4. The summed E-state index contributed by atoms with van der Waals surface area (Å²) >= 11 is 0. The Hall–Kier alpha value is -1.16. The molecule has 0 saturated carbocycles. The molecule has 191 valence electrons. The molecule has 0 aromatic rings. The van der Waals surface area contributed by atoms with Crippen LogP contribution in [0, 0.1) is 22.7 Å². The third kappa shape index (κ3) is 33.7. The van der Waals surface area contributed by atoms with Crippen LogP contribution in [0.2, 0.25) is 0 Å². The Labute approximate surface area is 199 Å². The third-order valence-electron chi connectivity index (χ3n) is 3.14. The fraction of sp³-hybridized carbons (Fsp3) is 0.818. The van der Waals surface area contributed by atoms with Crippen LogP contribution in [0.1, 0.15) is 102 Å². The molecule has 0 bridgehead atoms. The maximum Gasteiger partial charge on any atom is 0.347 e. The molecule has 0 aliphatic heterocycles. The van der Waals surface area contributed by atoms with Crippen molar-refractivity contribution < 1.29 is 56.6 Å². The molecule has 0 fully saturated rings. The van der Waals surface area contributed by atoms with E-state index in [9.17, 15) is 14.4 Å². The Bertz CT molecular complexity index is 423. The van der Waals surface area contributed by atoms with E-state index in [1.165, 1.54) is 5.92 Å². The van der Waals surface area contributed by atoms with E-state index in [0.29, 0.717) is 0 Å². The zero-order valence-electron chi connectivity index (χ0n) is 21.1. The van der Waals surface area contributed by atoms with Crippen molar-refractivity contribution in [2.24, 2.45) is 16.7 Å². The van der Waals surface area contributed by atoms with E-state index in [2.05, 4.69) is 37.5 Å². The second-order valence-electron chi connectivity index (χ2n) is 9.34. The fourth-order valence-electron chi connectivity index (χ4n) is 1.23. The van der Waals surface area contributed by atoms with Gasteiger partial charge >= 0.3 is 17.9 Å². The van der Waals surface area contributed by atoms with Crippen LogP contribution in [0.5, 0.6) is 0 Å². The predicted octanol–water partition coefficient (Wildman–Crippen LogP) is 6.00. The summed E-state index contributed by atoms with van der Waals surface area (Å²) in [5, 5.41) is 24.2. The second kappa shape index (κ2) is 22.0. The summed E-state index contributed by atoms with van der Waals surface area (Å²) in [4.78, 5) is 38.1. The summed E-state index contributed by atoms with van der Waals surface area (Å²) in [5.41, 5.74) is -1.20. The van der Waals surface area contributed by atoms with Crippen molar-refractivity contribution in [3.05, 3.63) is 5.92 Å². The van der Waals surface area contributed by atoms with Crippen LogP contribution in [0.3, 0.4) is 0 Å². The summed E-state index contributed by atoms with van der Waals surface area (Å²) in [7, 11) is 0. The first-order valence-corrected chi connectivity index (χ1v) is 10.1. The fourth-order valence-corrected chi connectivity index (χ4v) is 1.23. The van der Waals surface area contributed by atoms with Gasteiger partial charge in [0.25, 0.3) is 0 Å². The van der Waals surface area contributed by atoms with Crippen LogP contribution in [0.4, 0.5) is 0 Å². The summed E-state index contributed by atoms with van der Waals surface area (Å²) < 4.78 is 0. The molecule has 0 saturated heterocycles. The first-order valence-electron chi connectivity index (χ1n) is 10.1. The Morgan fingerprint density at radius 3 is 1.23 bits per heavy atom. The first kappa shape index (κ1) is 40.2. The molecular formula is C22H45CoO8-.